The number of hydrogen-bond donors (Lipinski definition) is 4. The minimum Gasteiger partial charge on any atom is -0.394 e. The standard InChI is InChI=1S/C25H27NO2.CH4O3S/c1-3-17-12-23-22-11-7-5-9-20(22)18(14-26-25(2,15-27)16-28)13-24(23)21-10-6-4-8-19(17)21;1-5(2,3)4/h4-13,26-28H,3,14-16H2,1-2H3;1H3,(H,2,3,4). The lowest BCUT2D eigenvalue weighted by atomic mass is 9.90. The van der Waals surface area contributed by atoms with Crippen LogP contribution < -0.4 is 5.32 Å². The number of aliphatic hydroxyl groups is 2. The summed E-state index contributed by atoms with van der Waals surface area (Å²) in [4.78, 5) is 0. The molecule has 0 aromatic heterocycles. The van der Waals surface area contributed by atoms with E-state index in [1.165, 1.54) is 43.4 Å². The molecule has 0 saturated carbocycles. The summed E-state index contributed by atoms with van der Waals surface area (Å²) in [6.45, 7) is 4.39. The molecule has 0 radical (unpaired) electrons. The van der Waals surface area contributed by atoms with E-state index in [9.17, 15) is 18.6 Å². The van der Waals surface area contributed by atoms with Crippen LogP contribution in [-0.2, 0) is 23.1 Å². The van der Waals surface area contributed by atoms with E-state index < -0.39 is 15.7 Å². The van der Waals surface area contributed by atoms with Gasteiger partial charge >= 0.3 is 0 Å². The molecule has 4 rings (SSSR count). The third-order valence-corrected chi connectivity index (χ3v) is 5.84. The topological polar surface area (TPSA) is 107 Å². The molecule has 4 N–H and O–H groups in total. The van der Waals surface area contributed by atoms with Crippen LogP contribution in [0, 0.1) is 0 Å². The molecule has 0 unspecified atom stereocenters. The first-order valence-corrected chi connectivity index (χ1v) is 12.7. The first-order valence-electron chi connectivity index (χ1n) is 10.8. The van der Waals surface area contributed by atoms with Gasteiger partial charge in [0, 0.05) is 6.54 Å². The first kappa shape index (κ1) is 25.1. The number of fused-ring (bicyclic) bond motifs is 5. The Morgan fingerprint density at radius 1 is 0.788 bits per heavy atom. The van der Waals surface area contributed by atoms with E-state index in [0.29, 0.717) is 12.8 Å². The molecule has 0 spiro atoms. The maximum Gasteiger partial charge on any atom is 0.261 e. The Hall–Kier alpha value is -2.55. The van der Waals surface area contributed by atoms with E-state index in [4.69, 9.17) is 4.55 Å². The van der Waals surface area contributed by atoms with Crippen molar-refractivity contribution in [3.8, 4) is 0 Å². The third-order valence-electron chi connectivity index (χ3n) is 5.84. The number of aliphatic hydroxyl groups excluding tert-OH is 2. The molecular formula is C26H31NO5S. The fraction of sp³-hybridized carbons (Fsp3) is 0.308. The molecule has 4 aromatic rings. The number of benzene rings is 4. The summed E-state index contributed by atoms with van der Waals surface area (Å²) in [6.07, 6.45) is 1.71. The zero-order chi connectivity index (χ0) is 24.2. The van der Waals surface area contributed by atoms with E-state index in [0.717, 1.165) is 6.42 Å². The lowest BCUT2D eigenvalue weighted by Crippen LogP contribution is -2.48. The van der Waals surface area contributed by atoms with Gasteiger partial charge in [-0.15, -0.1) is 0 Å². The van der Waals surface area contributed by atoms with Gasteiger partial charge in [0.15, 0.2) is 0 Å². The monoisotopic (exact) mass is 469 g/mol. The van der Waals surface area contributed by atoms with Crippen LogP contribution >= 0.6 is 0 Å². The second-order valence-electron chi connectivity index (χ2n) is 8.57. The van der Waals surface area contributed by atoms with Crippen molar-refractivity contribution in [1.82, 2.24) is 5.32 Å². The van der Waals surface area contributed by atoms with Crippen LogP contribution in [0.15, 0.2) is 60.7 Å². The van der Waals surface area contributed by atoms with Crippen LogP contribution in [0.1, 0.15) is 25.0 Å². The molecular weight excluding hydrogens is 438 g/mol. The summed E-state index contributed by atoms with van der Waals surface area (Å²) < 4.78 is 25.9. The first-order chi connectivity index (χ1) is 15.6. The summed E-state index contributed by atoms with van der Waals surface area (Å²) in [5.41, 5.74) is 1.84. The summed E-state index contributed by atoms with van der Waals surface area (Å²) in [6, 6.07) is 21.7. The number of nitrogens with one attached hydrogen (secondary N) is 1. The second kappa shape index (κ2) is 10.2. The predicted molar refractivity (Wildman–Crippen MR) is 135 cm³/mol. The van der Waals surface area contributed by atoms with Crippen LogP contribution in [0.5, 0.6) is 0 Å². The van der Waals surface area contributed by atoms with E-state index in [2.05, 4.69) is 72.9 Å². The maximum absolute atomic E-state index is 9.62. The number of hydrogen-bond acceptors (Lipinski definition) is 5. The van der Waals surface area contributed by atoms with Gasteiger partial charge in [-0.05, 0) is 68.9 Å². The number of aryl methyl sites for hydroxylation is 1. The van der Waals surface area contributed by atoms with Crippen molar-refractivity contribution in [2.45, 2.75) is 32.4 Å². The molecule has 0 aliphatic carbocycles. The molecule has 0 saturated heterocycles. The van der Waals surface area contributed by atoms with Crippen molar-refractivity contribution in [3.05, 3.63) is 71.8 Å². The highest BCUT2D eigenvalue weighted by Gasteiger charge is 2.22. The van der Waals surface area contributed by atoms with Gasteiger partial charge in [0.2, 0.25) is 0 Å². The second-order valence-corrected chi connectivity index (χ2v) is 10.0. The fourth-order valence-corrected chi connectivity index (χ4v) is 4.01. The molecule has 7 heteroatoms. The maximum atomic E-state index is 9.62. The Morgan fingerprint density at radius 3 is 1.61 bits per heavy atom. The molecule has 0 heterocycles. The van der Waals surface area contributed by atoms with Crippen LogP contribution in [0.3, 0.4) is 0 Å². The molecule has 0 aliphatic heterocycles. The van der Waals surface area contributed by atoms with Crippen molar-refractivity contribution in [2.24, 2.45) is 0 Å². The van der Waals surface area contributed by atoms with Gasteiger partial charge in [-0.2, -0.15) is 8.42 Å². The lowest BCUT2D eigenvalue weighted by Gasteiger charge is -2.27. The van der Waals surface area contributed by atoms with Gasteiger partial charge in [-0.1, -0.05) is 55.5 Å². The molecule has 0 aliphatic rings. The number of rotatable bonds is 6. The largest absolute Gasteiger partial charge is 0.394 e. The lowest BCUT2D eigenvalue weighted by molar-refractivity contribution is 0.103. The van der Waals surface area contributed by atoms with Gasteiger partial charge < -0.3 is 15.5 Å². The van der Waals surface area contributed by atoms with Crippen LogP contribution in [0.25, 0.3) is 32.3 Å². The van der Waals surface area contributed by atoms with Crippen molar-refractivity contribution >= 4 is 42.4 Å². The highest BCUT2D eigenvalue weighted by molar-refractivity contribution is 7.85. The highest BCUT2D eigenvalue weighted by atomic mass is 32.2. The zero-order valence-corrected chi connectivity index (χ0v) is 20.0. The third kappa shape index (κ3) is 5.88. The quantitative estimate of drug-likeness (QED) is 0.251. The van der Waals surface area contributed by atoms with Gasteiger partial charge in [-0.25, -0.2) is 0 Å². The molecule has 6 nitrogen and oxygen atoms in total. The average molecular weight is 470 g/mol. The Labute approximate surface area is 194 Å². The molecule has 0 fully saturated rings. The Bertz CT molecular complexity index is 1370. The summed E-state index contributed by atoms with van der Waals surface area (Å²) in [7, 11) is -3.67. The van der Waals surface area contributed by atoms with Crippen LogP contribution in [-0.4, -0.2) is 48.2 Å². The highest BCUT2D eigenvalue weighted by Crippen LogP contribution is 2.35. The Morgan fingerprint density at radius 2 is 1.18 bits per heavy atom. The molecule has 176 valence electrons. The van der Waals surface area contributed by atoms with Crippen molar-refractivity contribution in [2.75, 3.05) is 19.5 Å². The van der Waals surface area contributed by atoms with Crippen LogP contribution in [0.2, 0.25) is 0 Å². The van der Waals surface area contributed by atoms with Gasteiger partial charge in [0.1, 0.15) is 0 Å². The molecule has 4 aromatic carbocycles. The van der Waals surface area contributed by atoms with Crippen molar-refractivity contribution in [3.63, 3.8) is 0 Å². The molecule has 0 atom stereocenters. The SMILES string of the molecule is CCc1cc2c3ccccc3c(CNC(C)(CO)CO)cc2c2ccccc12.CS(=O)(=O)O. The summed E-state index contributed by atoms with van der Waals surface area (Å²) in [5.74, 6) is 0. The minimum atomic E-state index is -3.67. The summed E-state index contributed by atoms with van der Waals surface area (Å²) >= 11 is 0. The molecule has 33 heavy (non-hydrogen) atoms. The van der Waals surface area contributed by atoms with E-state index >= 15 is 0 Å². The van der Waals surface area contributed by atoms with E-state index in [1.54, 1.807) is 0 Å². The summed E-state index contributed by atoms with van der Waals surface area (Å²) in [5, 5.41) is 30.1. The smallest absolute Gasteiger partial charge is 0.261 e. The van der Waals surface area contributed by atoms with Crippen molar-refractivity contribution in [1.29, 1.82) is 0 Å². The average Bonchev–Trinajstić information content (AvgIpc) is 2.80. The molecule has 0 bridgehead atoms. The van der Waals surface area contributed by atoms with Gasteiger partial charge in [-0.3, -0.25) is 4.55 Å². The Kier molecular flexibility index (Phi) is 7.72. The van der Waals surface area contributed by atoms with Gasteiger partial charge in [0.25, 0.3) is 10.1 Å². The van der Waals surface area contributed by atoms with Crippen LogP contribution in [0.4, 0.5) is 0 Å². The van der Waals surface area contributed by atoms with Gasteiger partial charge in [0.05, 0.1) is 25.0 Å². The van der Waals surface area contributed by atoms with E-state index in [-0.39, 0.29) is 13.2 Å². The molecule has 0 amide bonds. The normalized spacial score (nSPS) is 12.2. The predicted octanol–water partition coefficient (Wildman–Crippen LogP) is 4.05. The zero-order valence-electron chi connectivity index (χ0n) is 19.2. The minimum absolute atomic E-state index is 0.113. The Balaban J connectivity index is 0.000000555. The van der Waals surface area contributed by atoms with Crippen molar-refractivity contribution < 1.29 is 23.2 Å². The fourth-order valence-electron chi connectivity index (χ4n) is 4.01. The van der Waals surface area contributed by atoms with E-state index in [1.807, 2.05) is 6.92 Å².